The van der Waals surface area contributed by atoms with Crippen LogP contribution in [0, 0.1) is 6.92 Å². The van der Waals surface area contributed by atoms with Gasteiger partial charge in [0.2, 0.25) is 0 Å². The van der Waals surface area contributed by atoms with E-state index in [2.05, 4.69) is 9.72 Å². The summed E-state index contributed by atoms with van der Waals surface area (Å²) in [5.41, 5.74) is 1.56. The van der Waals surface area contributed by atoms with E-state index < -0.39 is 23.5 Å². The van der Waals surface area contributed by atoms with Gasteiger partial charge in [0.1, 0.15) is 23.6 Å². The fourth-order valence-corrected chi connectivity index (χ4v) is 2.78. The second kappa shape index (κ2) is 9.41. The molecular weight excluding hydrogens is 374 g/mol. The van der Waals surface area contributed by atoms with Crippen molar-refractivity contribution >= 4 is 17.9 Å². The van der Waals surface area contributed by atoms with E-state index in [4.69, 9.17) is 9.47 Å². The first kappa shape index (κ1) is 22.2. The Labute approximate surface area is 170 Å². The predicted octanol–water partition coefficient (Wildman–Crippen LogP) is 3.74. The molecule has 1 aromatic heterocycles. The quantitative estimate of drug-likeness (QED) is 0.561. The summed E-state index contributed by atoms with van der Waals surface area (Å²) in [5, 5.41) is 0. The molecule has 0 radical (unpaired) electrons. The summed E-state index contributed by atoms with van der Waals surface area (Å²) in [6.07, 6.45) is 0.301. The van der Waals surface area contributed by atoms with E-state index >= 15 is 0 Å². The molecule has 2 rings (SSSR count). The maximum atomic E-state index is 12.7. The normalized spacial score (nSPS) is 11.1. The number of H-pyrrole nitrogens is 1. The number of rotatable bonds is 7. The SMILES string of the molecule is COC(=O)CCc1c(C(=O)OCc2ccccc2)[nH]c(C(=O)OC(C)(C)C)c1C. The van der Waals surface area contributed by atoms with Crippen molar-refractivity contribution in [3.8, 4) is 0 Å². The Morgan fingerprint density at radius 1 is 1.00 bits per heavy atom. The third-order valence-electron chi connectivity index (χ3n) is 4.21. The van der Waals surface area contributed by atoms with E-state index in [1.165, 1.54) is 7.11 Å². The molecule has 7 nitrogen and oxygen atoms in total. The van der Waals surface area contributed by atoms with E-state index in [1.807, 2.05) is 30.3 Å². The molecule has 0 aliphatic carbocycles. The first-order valence-corrected chi connectivity index (χ1v) is 9.35. The summed E-state index contributed by atoms with van der Waals surface area (Å²) >= 11 is 0. The van der Waals surface area contributed by atoms with Crippen LogP contribution in [0.1, 0.15) is 64.9 Å². The molecule has 1 heterocycles. The molecule has 0 atom stereocenters. The van der Waals surface area contributed by atoms with Crippen LogP contribution >= 0.6 is 0 Å². The van der Waals surface area contributed by atoms with Crippen molar-refractivity contribution < 1.29 is 28.6 Å². The molecule has 0 saturated heterocycles. The topological polar surface area (TPSA) is 94.7 Å². The Morgan fingerprint density at radius 2 is 1.66 bits per heavy atom. The summed E-state index contributed by atoms with van der Waals surface area (Å²) in [6, 6.07) is 9.27. The zero-order chi connectivity index (χ0) is 21.6. The lowest BCUT2D eigenvalue weighted by Crippen LogP contribution is -2.24. The number of hydrogen-bond donors (Lipinski definition) is 1. The zero-order valence-electron chi connectivity index (χ0n) is 17.5. The molecule has 0 saturated carbocycles. The summed E-state index contributed by atoms with van der Waals surface area (Å²) in [4.78, 5) is 39.7. The van der Waals surface area contributed by atoms with E-state index in [1.54, 1.807) is 27.7 Å². The summed E-state index contributed by atoms with van der Waals surface area (Å²) in [7, 11) is 1.30. The Balaban J connectivity index is 2.29. The molecule has 2 aromatic rings. The lowest BCUT2D eigenvalue weighted by molar-refractivity contribution is -0.140. The number of carbonyl (C=O) groups is 3. The second-order valence-electron chi connectivity index (χ2n) is 7.62. The van der Waals surface area contributed by atoms with Crippen LogP contribution in [-0.2, 0) is 32.0 Å². The fourth-order valence-electron chi connectivity index (χ4n) is 2.78. The number of esters is 3. The van der Waals surface area contributed by atoms with Crippen LogP contribution in [-0.4, -0.2) is 35.6 Å². The number of aromatic amines is 1. The van der Waals surface area contributed by atoms with Gasteiger partial charge < -0.3 is 19.2 Å². The van der Waals surface area contributed by atoms with Gasteiger partial charge in [0.05, 0.1) is 7.11 Å². The average molecular weight is 401 g/mol. The standard InChI is InChI=1S/C22H27NO6/c1-14-16(11-12-17(24)27-5)19(23-18(14)21(26)29-22(2,3)4)20(25)28-13-15-9-7-6-8-10-15/h6-10,23H,11-13H2,1-5H3. The number of carbonyl (C=O) groups excluding carboxylic acids is 3. The van der Waals surface area contributed by atoms with Crippen LogP contribution < -0.4 is 0 Å². The van der Waals surface area contributed by atoms with Crippen molar-refractivity contribution in [2.45, 2.75) is 52.7 Å². The van der Waals surface area contributed by atoms with Crippen molar-refractivity contribution in [3.05, 3.63) is 58.4 Å². The second-order valence-corrected chi connectivity index (χ2v) is 7.62. The summed E-state index contributed by atoms with van der Waals surface area (Å²) in [6.45, 7) is 7.08. The minimum Gasteiger partial charge on any atom is -0.469 e. The highest BCUT2D eigenvalue weighted by Gasteiger charge is 2.27. The van der Waals surface area contributed by atoms with Gasteiger partial charge >= 0.3 is 17.9 Å². The molecule has 0 amide bonds. The Hall–Kier alpha value is -3.09. The maximum absolute atomic E-state index is 12.7. The van der Waals surface area contributed by atoms with Gasteiger partial charge in [-0.2, -0.15) is 0 Å². The number of benzene rings is 1. The predicted molar refractivity (Wildman–Crippen MR) is 107 cm³/mol. The van der Waals surface area contributed by atoms with Gasteiger partial charge in [0.15, 0.2) is 0 Å². The van der Waals surface area contributed by atoms with Crippen LogP contribution in [0.15, 0.2) is 30.3 Å². The van der Waals surface area contributed by atoms with Crippen molar-refractivity contribution in [2.24, 2.45) is 0 Å². The number of ether oxygens (including phenoxy) is 3. The number of nitrogens with one attached hydrogen (secondary N) is 1. The molecule has 0 spiro atoms. The van der Waals surface area contributed by atoms with Crippen LogP contribution in [0.2, 0.25) is 0 Å². The van der Waals surface area contributed by atoms with Gasteiger partial charge in [0, 0.05) is 6.42 Å². The van der Waals surface area contributed by atoms with Gasteiger partial charge in [0.25, 0.3) is 0 Å². The molecule has 0 bridgehead atoms. The lowest BCUT2D eigenvalue weighted by atomic mass is 10.0. The van der Waals surface area contributed by atoms with Crippen molar-refractivity contribution in [2.75, 3.05) is 7.11 Å². The Morgan fingerprint density at radius 3 is 2.24 bits per heavy atom. The molecule has 0 fully saturated rings. The molecule has 156 valence electrons. The van der Waals surface area contributed by atoms with E-state index in [-0.39, 0.29) is 30.8 Å². The summed E-state index contributed by atoms with van der Waals surface area (Å²) in [5.74, 6) is -1.59. The monoisotopic (exact) mass is 401 g/mol. The smallest absolute Gasteiger partial charge is 0.355 e. The molecule has 7 heteroatoms. The third-order valence-corrected chi connectivity index (χ3v) is 4.21. The molecule has 0 aliphatic rings. The van der Waals surface area contributed by atoms with Gasteiger partial charge in [-0.05, 0) is 50.8 Å². The molecule has 1 aromatic carbocycles. The van der Waals surface area contributed by atoms with Crippen LogP contribution in [0.5, 0.6) is 0 Å². The fraction of sp³-hybridized carbons (Fsp3) is 0.409. The minimum atomic E-state index is -0.686. The number of hydrogen-bond acceptors (Lipinski definition) is 6. The maximum Gasteiger partial charge on any atom is 0.355 e. The van der Waals surface area contributed by atoms with Gasteiger partial charge in [-0.1, -0.05) is 30.3 Å². The first-order chi connectivity index (χ1) is 13.6. The highest BCUT2D eigenvalue weighted by Crippen LogP contribution is 2.24. The van der Waals surface area contributed by atoms with E-state index in [0.29, 0.717) is 11.1 Å². The van der Waals surface area contributed by atoms with Gasteiger partial charge in [-0.25, -0.2) is 9.59 Å². The van der Waals surface area contributed by atoms with Crippen molar-refractivity contribution in [1.29, 1.82) is 0 Å². The molecule has 29 heavy (non-hydrogen) atoms. The van der Waals surface area contributed by atoms with Gasteiger partial charge in [-0.3, -0.25) is 4.79 Å². The van der Waals surface area contributed by atoms with Gasteiger partial charge in [-0.15, -0.1) is 0 Å². The molecule has 0 unspecified atom stereocenters. The van der Waals surface area contributed by atoms with E-state index in [9.17, 15) is 14.4 Å². The summed E-state index contributed by atoms with van der Waals surface area (Å²) < 4.78 is 15.5. The lowest BCUT2D eigenvalue weighted by Gasteiger charge is -2.19. The van der Waals surface area contributed by atoms with Crippen molar-refractivity contribution in [1.82, 2.24) is 4.98 Å². The molecule has 1 N–H and O–H groups in total. The van der Waals surface area contributed by atoms with Crippen LogP contribution in [0.4, 0.5) is 0 Å². The first-order valence-electron chi connectivity index (χ1n) is 9.35. The zero-order valence-corrected chi connectivity index (χ0v) is 17.5. The van der Waals surface area contributed by atoms with Crippen LogP contribution in [0.3, 0.4) is 0 Å². The minimum absolute atomic E-state index is 0.0713. The molecular formula is C22H27NO6. The molecule has 0 aliphatic heterocycles. The average Bonchev–Trinajstić information content (AvgIpc) is 3.00. The third kappa shape index (κ3) is 6.20. The van der Waals surface area contributed by atoms with E-state index in [0.717, 1.165) is 5.56 Å². The van der Waals surface area contributed by atoms with Crippen molar-refractivity contribution in [3.63, 3.8) is 0 Å². The Bertz CT molecular complexity index is 877. The number of methoxy groups -OCH3 is 1. The highest BCUT2D eigenvalue weighted by molar-refractivity contribution is 5.96. The highest BCUT2D eigenvalue weighted by atomic mass is 16.6. The largest absolute Gasteiger partial charge is 0.469 e. The van der Waals surface area contributed by atoms with Crippen LogP contribution in [0.25, 0.3) is 0 Å². The Kier molecular flexibility index (Phi) is 7.20. The number of aromatic nitrogens is 1.